The zero-order valence-electron chi connectivity index (χ0n) is 19.8. The molecule has 11 nitrogen and oxygen atoms in total. The number of benzene rings is 2. The smallest absolute Gasteiger partial charge is 0.332 e. The second kappa shape index (κ2) is 10.4. The summed E-state index contributed by atoms with van der Waals surface area (Å²) in [5, 5.41) is 3.14. The van der Waals surface area contributed by atoms with Crippen LogP contribution in [0.15, 0.2) is 46.0 Å². The summed E-state index contributed by atoms with van der Waals surface area (Å²) < 4.78 is 12.5. The average Bonchev–Trinajstić information content (AvgIpc) is 3.31. The van der Waals surface area contributed by atoms with E-state index >= 15 is 0 Å². The molecule has 2 heterocycles. The highest BCUT2D eigenvalue weighted by Gasteiger charge is 2.25. The van der Waals surface area contributed by atoms with E-state index in [1.54, 1.807) is 24.3 Å². The summed E-state index contributed by atoms with van der Waals surface area (Å²) in [7, 11) is 2.88. The minimum atomic E-state index is -0.773. The van der Waals surface area contributed by atoms with Crippen molar-refractivity contribution in [1.82, 2.24) is 14.0 Å². The Kier molecular flexibility index (Phi) is 7.32. The summed E-state index contributed by atoms with van der Waals surface area (Å²) in [5.74, 6) is -0.277. The highest BCUT2D eigenvalue weighted by Crippen LogP contribution is 2.35. The molecule has 1 saturated heterocycles. The quantitative estimate of drug-likeness (QED) is 0.479. The van der Waals surface area contributed by atoms with E-state index in [0.717, 1.165) is 9.13 Å². The number of nitrogens with zero attached hydrogens (tertiary/aromatic N) is 3. The third-order valence-electron chi connectivity index (χ3n) is 6.05. The van der Waals surface area contributed by atoms with Gasteiger partial charge < -0.3 is 25.4 Å². The van der Waals surface area contributed by atoms with Crippen LogP contribution in [0, 0.1) is 0 Å². The number of likely N-dealkylation sites (tertiary alicyclic amines) is 1. The van der Waals surface area contributed by atoms with Gasteiger partial charge in [0.2, 0.25) is 11.8 Å². The molecule has 190 valence electrons. The molecule has 2 amide bonds. The molecule has 36 heavy (non-hydrogen) atoms. The van der Waals surface area contributed by atoms with Crippen molar-refractivity contribution in [2.45, 2.75) is 25.6 Å². The van der Waals surface area contributed by atoms with Gasteiger partial charge in [-0.25, -0.2) is 4.79 Å². The van der Waals surface area contributed by atoms with Gasteiger partial charge in [0.05, 0.1) is 35.8 Å². The zero-order chi connectivity index (χ0) is 26.0. The summed E-state index contributed by atoms with van der Waals surface area (Å²) in [6.45, 7) is -0.0385. The molecule has 1 atom stereocenters. The number of aromatic nitrogens is 2. The lowest BCUT2D eigenvalue weighted by atomic mass is 10.2. The van der Waals surface area contributed by atoms with Gasteiger partial charge in [-0.05, 0) is 24.6 Å². The van der Waals surface area contributed by atoms with Crippen molar-refractivity contribution in [2.24, 2.45) is 5.73 Å². The Labute approximate surface area is 210 Å². The van der Waals surface area contributed by atoms with Crippen molar-refractivity contribution in [2.75, 3.05) is 32.6 Å². The van der Waals surface area contributed by atoms with Crippen LogP contribution >= 0.6 is 11.6 Å². The number of nitrogens with two attached hydrogens (primary N) is 1. The molecule has 0 unspecified atom stereocenters. The highest BCUT2D eigenvalue weighted by atomic mass is 35.5. The van der Waals surface area contributed by atoms with E-state index < -0.39 is 30.2 Å². The number of amides is 2. The summed E-state index contributed by atoms with van der Waals surface area (Å²) in [5.41, 5.74) is 5.06. The van der Waals surface area contributed by atoms with Gasteiger partial charge in [-0.15, -0.1) is 0 Å². The second-order valence-corrected chi connectivity index (χ2v) is 8.81. The molecule has 1 aromatic heterocycles. The van der Waals surface area contributed by atoms with E-state index in [9.17, 15) is 19.2 Å². The Hall–Kier alpha value is -3.83. The maximum atomic E-state index is 13.4. The first kappa shape index (κ1) is 25.3. The van der Waals surface area contributed by atoms with Crippen LogP contribution in [0.4, 0.5) is 5.69 Å². The van der Waals surface area contributed by atoms with Gasteiger partial charge in [-0.2, -0.15) is 0 Å². The minimum Gasteiger partial charge on any atom is -0.495 e. The number of rotatable bonds is 7. The predicted molar refractivity (Wildman–Crippen MR) is 135 cm³/mol. The van der Waals surface area contributed by atoms with Crippen LogP contribution in [0.1, 0.15) is 6.42 Å². The van der Waals surface area contributed by atoms with Gasteiger partial charge in [0.25, 0.3) is 5.56 Å². The SMILES string of the molecule is COc1cc(OC)c(NC(=O)Cn2c(=O)n(CC(=O)N3CC[C@H](N)C3)c(=O)c3ccccc32)cc1Cl. The number of hydrogen-bond donors (Lipinski definition) is 2. The highest BCUT2D eigenvalue weighted by molar-refractivity contribution is 6.32. The fourth-order valence-corrected chi connectivity index (χ4v) is 4.44. The number of nitrogens with one attached hydrogen (secondary N) is 1. The Morgan fingerprint density at radius 1 is 1.08 bits per heavy atom. The molecule has 1 aliphatic rings. The predicted octanol–water partition coefficient (Wildman–Crippen LogP) is 1.03. The molecule has 0 radical (unpaired) electrons. The number of ether oxygens (including phenoxy) is 2. The summed E-state index contributed by atoms with van der Waals surface area (Å²) in [6.07, 6.45) is 0.654. The number of hydrogen-bond acceptors (Lipinski definition) is 7. The second-order valence-electron chi connectivity index (χ2n) is 8.40. The van der Waals surface area contributed by atoms with Crippen molar-refractivity contribution in [3.8, 4) is 11.5 Å². The standard InChI is InChI=1S/C24H26ClN5O6/c1-35-19-10-20(36-2)17(9-16(19)25)27-21(31)12-29-18-6-4-3-5-15(18)23(33)30(24(29)34)13-22(32)28-8-7-14(26)11-28/h3-6,9-10,14H,7-8,11-13,26H2,1-2H3,(H,27,31)/t14-/m0/s1. The van der Waals surface area contributed by atoms with Crippen LogP contribution < -0.4 is 31.8 Å². The zero-order valence-corrected chi connectivity index (χ0v) is 20.6. The van der Waals surface area contributed by atoms with Crippen molar-refractivity contribution < 1.29 is 19.1 Å². The molecule has 0 spiro atoms. The topological polar surface area (TPSA) is 138 Å². The Morgan fingerprint density at radius 3 is 2.47 bits per heavy atom. The molecule has 12 heteroatoms. The summed E-state index contributed by atoms with van der Waals surface area (Å²) >= 11 is 6.19. The van der Waals surface area contributed by atoms with Crippen molar-refractivity contribution in [1.29, 1.82) is 0 Å². The molecule has 2 aromatic carbocycles. The average molecular weight is 516 g/mol. The lowest BCUT2D eigenvalue weighted by Gasteiger charge is -2.18. The third-order valence-corrected chi connectivity index (χ3v) is 6.35. The van der Waals surface area contributed by atoms with Gasteiger partial charge in [-0.1, -0.05) is 23.7 Å². The normalized spacial score (nSPS) is 15.2. The molecule has 0 bridgehead atoms. The molecule has 1 aliphatic heterocycles. The number of anilines is 1. The Balaban J connectivity index is 1.68. The van der Waals surface area contributed by atoms with Gasteiger partial charge in [0.15, 0.2) is 0 Å². The third kappa shape index (κ3) is 4.93. The number of carbonyl (C=O) groups is 2. The lowest BCUT2D eigenvalue weighted by Crippen LogP contribution is -2.45. The molecular weight excluding hydrogens is 490 g/mol. The maximum absolute atomic E-state index is 13.4. The van der Waals surface area contributed by atoms with Gasteiger partial charge in [-0.3, -0.25) is 23.5 Å². The summed E-state index contributed by atoms with van der Waals surface area (Å²) in [4.78, 5) is 53.7. The van der Waals surface area contributed by atoms with E-state index in [1.807, 2.05) is 0 Å². The molecule has 3 N–H and O–H groups in total. The van der Waals surface area contributed by atoms with Crippen LogP contribution in [-0.4, -0.2) is 59.2 Å². The van der Waals surface area contributed by atoms with Crippen LogP contribution in [0.3, 0.4) is 0 Å². The van der Waals surface area contributed by atoms with E-state index in [-0.39, 0.29) is 33.6 Å². The minimum absolute atomic E-state index is 0.133. The summed E-state index contributed by atoms with van der Waals surface area (Å²) in [6, 6.07) is 9.28. The number of para-hydroxylation sites is 1. The van der Waals surface area contributed by atoms with Crippen LogP contribution in [-0.2, 0) is 22.7 Å². The molecule has 3 aromatic rings. The fraction of sp³-hybridized carbons (Fsp3) is 0.333. The van der Waals surface area contributed by atoms with Crippen molar-refractivity contribution in [3.63, 3.8) is 0 Å². The maximum Gasteiger partial charge on any atom is 0.332 e. The van der Waals surface area contributed by atoms with Crippen molar-refractivity contribution in [3.05, 3.63) is 62.3 Å². The molecule has 0 saturated carbocycles. The first-order valence-electron chi connectivity index (χ1n) is 11.2. The monoisotopic (exact) mass is 515 g/mol. The van der Waals surface area contributed by atoms with Gasteiger partial charge in [0, 0.05) is 25.2 Å². The number of halogens is 1. The first-order valence-corrected chi connectivity index (χ1v) is 11.6. The molecule has 4 rings (SSSR count). The van der Waals surface area contributed by atoms with Gasteiger partial charge in [0.1, 0.15) is 24.6 Å². The van der Waals surface area contributed by atoms with Crippen LogP contribution in [0.5, 0.6) is 11.5 Å². The van der Waals surface area contributed by atoms with E-state index in [0.29, 0.717) is 31.0 Å². The van der Waals surface area contributed by atoms with Crippen LogP contribution in [0.25, 0.3) is 10.9 Å². The molecule has 1 fully saturated rings. The van der Waals surface area contributed by atoms with Crippen molar-refractivity contribution >= 4 is 40.0 Å². The lowest BCUT2D eigenvalue weighted by molar-refractivity contribution is -0.130. The Bertz CT molecular complexity index is 1450. The van der Waals surface area contributed by atoms with E-state index in [4.69, 9.17) is 26.8 Å². The number of carbonyl (C=O) groups excluding carboxylic acids is 2. The number of fused-ring (bicyclic) bond motifs is 1. The Morgan fingerprint density at radius 2 is 1.81 bits per heavy atom. The van der Waals surface area contributed by atoms with E-state index in [2.05, 4.69) is 5.32 Å². The fourth-order valence-electron chi connectivity index (χ4n) is 4.20. The van der Waals surface area contributed by atoms with E-state index in [1.165, 1.54) is 31.3 Å². The van der Waals surface area contributed by atoms with Gasteiger partial charge >= 0.3 is 5.69 Å². The number of methoxy groups -OCH3 is 2. The molecule has 0 aliphatic carbocycles. The molecular formula is C24H26ClN5O6. The van der Waals surface area contributed by atoms with Crippen LogP contribution in [0.2, 0.25) is 5.02 Å². The largest absolute Gasteiger partial charge is 0.495 e. The first-order chi connectivity index (χ1) is 17.2.